The summed E-state index contributed by atoms with van der Waals surface area (Å²) in [6.45, 7) is 4.55. The number of ether oxygens (including phenoxy) is 1. The van der Waals surface area contributed by atoms with Crippen molar-refractivity contribution in [3.8, 4) is 0 Å². The number of carbonyl (C=O) groups excluding carboxylic acids is 3. The van der Waals surface area contributed by atoms with Crippen LogP contribution in [0.15, 0.2) is 23.2 Å². The second-order valence-electron chi connectivity index (χ2n) is 7.96. The smallest absolute Gasteiger partial charge is 0.413 e. The van der Waals surface area contributed by atoms with Gasteiger partial charge >= 0.3 is 12.1 Å². The minimum Gasteiger partial charge on any atom is -0.479 e. The van der Waals surface area contributed by atoms with Gasteiger partial charge in [0.05, 0.1) is 12.6 Å². The molecule has 3 amide bonds. The number of hydrogen-bond donors (Lipinski definition) is 4. The highest BCUT2D eigenvalue weighted by atomic mass is 32.1. The Morgan fingerprint density at radius 2 is 2.12 bits per heavy atom. The average molecular weight is 494 g/mol. The lowest BCUT2D eigenvalue weighted by atomic mass is 9.98. The normalized spacial score (nSPS) is 17.9. The van der Waals surface area contributed by atoms with Crippen molar-refractivity contribution in [3.05, 3.63) is 23.7 Å². The first-order chi connectivity index (χ1) is 16.0. The Bertz CT molecular complexity index is 1090. The van der Waals surface area contributed by atoms with E-state index in [2.05, 4.69) is 36.2 Å². The van der Waals surface area contributed by atoms with E-state index in [0.717, 1.165) is 11.3 Å². The lowest BCUT2D eigenvalue weighted by Gasteiger charge is -2.36. The van der Waals surface area contributed by atoms with Crippen molar-refractivity contribution in [1.82, 2.24) is 30.4 Å². The number of aromatic nitrogens is 4. The average Bonchev–Trinajstić information content (AvgIpc) is 3.39. The zero-order chi connectivity index (χ0) is 24.9. The molecule has 2 aromatic heterocycles. The van der Waals surface area contributed by atoms with E-state index in [4.69, 9.17) is 14.7 Å². The van der Waals surface area contributed by atoms with Crippen LogP contribution in [0.3, 0.4) is 0 Å². The number of nitrogens with zero attached hydrogens (tertiary/aromatic N) is 5. The molecule has 2 aromatic rings. The Morgan fingerprint density at radius 1 is 1.35 bits per heavy atom. The Balaban J connectivity index is 1.72. The Labute approximate surface area is 196 Å². The van der Waals surface area contributed by atoms with Crippen LogP contribution in [0.25, 0.3) is 0 Å². The summed E-state index contributed by atoms with van der Waals surface area (Å²) in [5.41, 5.74) is -1.12. The molecule has 0 unspecified atom stereocenters. The van der Waals surface area contributed by atoms with Gasteiger partial charge in [0.1, 0.15) is 30.0 Å². The molecule has 3 rings (SSSR count). The molecule has 3 heterocycles. The number of carboxylic acids is 1. The number of carbonyl (C=O) groups is 4. The monoisotopic (exact) mass is 494 g/mol. The number of nitrogens with one attached hydrogen (secondary N) is 3. The van der Waals surface area contributed by atoms with Gasteiger partial charge in [0.15, 0.2) is 10.8 Å². The van der Waals surface area contributed by atoms with E-state index in [1.807, 2.05) is 0 Å². The highest BCUT2D eigenvalue weighted by Gasteiger charge is 2.41. The number of amides is 3. The topological polar surface area (TPSA) is 199 Å². The minimum absolute atomic E-state index is 0.00787. The lowest BCUT2D eigenvalue weighted by molar-refractivity contribution is -0.142. The lowest BCUT2D eigenvalue weighted by Crippen LogP contribution is -2.70. The number of carboxylic acid groups (broad SMARTS) is 1. The fourth-order valence-corrected chi connectivity index (χ4v) is 3.37. The molecule has 16 heteroatoms. The molecular formula is C18H22N8O7S. The van der Waals surface area contributed by atoms with Gasteiger partial charge < -0.3 is 25.3 Å². The number of rotatable bonds is 9. The molecule has 1 saturated heterocycles. The molecule has 0 saturated carbocycles. The van der Waals surface area contributed by atoms with Crippen LogP contribution in [-0.4, -0.2) is 78.7 Å². The molecule has 2 atom stereocenters. The van der Waals surface area contributed by atoms with Gasteiger partial charge in [0, 0.05) is 5.38 Å². The van der Waals surface area contributed by atoms with Crippen molar-refractivity contribution in [2.45, 2.75) is 45.0 Å². The molecule has 4 N–H and O–H groups in total. The molecule has 0 spiro atoms. The van der Waals surface area contributed by atoms with Crippen LogP contribution in [0.5, 0.6) is 0 Å². The SMILES string of the molecule is CC(C)(C)OC(=O)Nc1nc(C(=NOCC(=O)O)C(=O)N[C@@H]2C(=O)N[C@H]2Cn2cncn2)cs1. The first kappa shape index (κ1) is 24.6. The van der Waals surface area contributed by atoms with Crippen molar-refractivity contribution in [2.75, 3.05) is 11.9 Å². The predicted molar refractivity (Wildman–Crippen MR) is 116 cm³/mol. The summed E-state index contributed by atoms with van der Waals surface area (Å²) in [4.78, 5) is 60.3. The second-order valence-corrected chi connectivity index (χ2v) is 8.81. The van der Waals surface area contributed by atoms with Gasteiger partial charge in [-0.15, -0.1) is 11.3 Å². The van der Waals surface area contributed by atoms with Crippen LogP contribution in [0.4, 0.5) is 9.93 Å². The van der Waals surface area contributed by atoms with Crippen molar-refractivity contribution in [3.63, 3.8) is 0 Å². The molecular weight excluding hydrogens is 472 g/mol. The largest absolute Gasteiger partial charge is 0.479 e. The summed E-state index contributed by atoms with van der Waals surface area (Å²) >= 11 is 0.978. The highest BCUT2D eigenvalue weighted by Crippen LogP contribution is 2.18. The summed E-state index contributed by atoms with van der Waals surface area (Å²) in [5.74, 6) is -2.56. The number of thiazole rings is 1. The Morgan fingerprint density at radius 3 is 2.74 bits per heavy atom. The van der Waals surface area contributed by atoms with Gasteiger partial charge in [-0.05, 0) is 20.8 Å². The Kier molecular flexibility index (Phi) is 7.40. The number of aliphatic carboxylic acids is 1. The van der Waals surface area contributed by atoms with Gasteiger partial charge in [-0.3, -0.25) is 19.6 Å². The summed E-state index contributed by atoms with van der Waals surface area (Å²) in [5, 5.41) is 25.4. The second kappa shape index (κ2) is 10.2. The van der Waals surface area contributed by atoms with Gasteiger partial charge in [0.25, 0.3) is 5.91 Å². The van der Waals surface area contributed by atoms with E-state index in [9.17, 15) is 19.2 Å². The number of oxime groups is 1. The third kappa shape index (κ3) is 6.71. The van der Waals surface area contributed by atoms with Crippen LogP contribution < -0.4 is 16.0 Å². The summed E-state index contributed by atoms with van der Waals surface area (Å²) in [7, 11) is 0. The third-order valence-corrected chi connectivity index (χ3v) is 4.82. The van der Waals surface area contributed by atoms with Crippen LogP contribution in [0, 0.1) is 0 Å². The van der Waals surface area contributed by atoms with Crippen LogP contribution in [0.1, 0.15) is 26.5 Å². The number of hydrogen-bond acceptors (Lipinski definition) is 11. The van der Waals surface area contributed by atoms with E-state index in [0.29, 0.717) is 0 Å². The summed E-state index contributed by atoms with van der Waals surface area (Å²) < 4.78 is 6.64. The molecule has 1 aliphatic rings. The van der Waals surface area contributed by atoms with Crippen molar-refractivity contribution in [2.24, 2.45) is 5.16 Å². The molecule has 0 radical (unpaired) electrons. The summed E-state index contributed by atoms with van der Waals surface area (Å²) in [6.07, 6.45) is 2.05. The fourth-order valence-electron chi connectivity index (χ4n) is 2.69. The standard InChI is InChI=1S/C18H22N8O7S/c1-18(2,3)33-17(31)24-16-22-10(6-34-16)13(25-32-5-11(27)28)15(30)23-12-9(21-14(12)29)4-26-8-19-7-20-26/h6-9,12H,4-5H2,1-3H3,(H,21,29)(H,23,30)(H,27,28)(H,22,24,31)/t9-,12-/m0/s1. The first-order valence-corrected chi connectivity index (χ1v) is 10.7. The predicted octanol–water partition coefficient (Wildman–Crippen LogP) is -0.430. The van der Waals surface area contributed by atoms with E-state index >= 15 is 0 Å². The molecule has 1 aliphatic heterocycles. The first-order valence-electron chi connectivity index (χ1n) is 9.83. The maximum atomic E-state index is 12.9. The van der Waals surface area contributed by atoms with Crippen LogP contribution in [-0.2, 0) is 30.5 Å². The number of anilines is 1. The number of β-lactam (4-membered cyclic amide) rings is 1. The quantitative estimate of drug-likeness (QED) is 0.201. The minimum atomic E-state index is -1.31. The van der Waals surface area contributed by atoms with Gasteiger partial charge in [-0.1, -0.05) is 5.16 Å². The van der Waals surface area contributed by atoms with E-state index in [1.165, 1.54) is 22.7 Å². The zero-order valence-electron chi connectivity index (χ0n) is 18.3. The van der Waals surface area contributed by atoms with E-state index < -0.39 is 48.2 Å². The van der Waals surface area contributed by atoms with Crippen molar-refractivity contribution < 1.29 is 33.9 Å². The van der Waals surface area contributed by atoms with Gasteiger partial charge in [0.2, 0.25) is 12.5 Å². The molecule has 1 fully saturated rings. The molecule has 0 aromatic carbocycles. The fraction of sp³-hybridized carbons (Fsp3) is 0.444. The zero-order valence-corrected chi connectivity index (χ0v) is 19.2. The molecule has 15 nitrogen and oxygen atoms in total. The molecule has 0 aliphatic carbocycles. The molecule has 34 heavy (non-hydrogen) atoms. The van der Waals surface area contributed by atoms with E-state index in [-0.39, 0.29) is 23.1 Å². The maximum Gasteiger partial charge on any atom is 0.413 e. The van der Waals surface area contributed by atoms with Crippen LogP contribution >= 0.6 is 11.3 Å². The summed E-state index contributed by atoms with van der Waals surface area (Å²) in [6, 6.07) is -1.36. The van der Waals surface area contributed by atoms with Crippen LogP contribution in [0.2, 0.25) is 0 Å². The highest BCUT2D eigenvalue weighted by molar-refractivity contribution is 7.14. The third-order valence-electron chi connectivity index (χ3n) is 4.06. The van der Waals surface area contributed by atoms with Gasteiger partial charge in [-0.25, -0.2) is 19.6 Å². The van der Waals surface area contributed by atoms with Gasteiger partial charge in [-0.2, -0.15) is 5.10 Å². The maximum absolute atomic E-state index is 12.9. The molecule has 182 valence electrons. The van der Waals surface area contributed by atoms with Crippen molar-refractivity contribution >= 4 is 46.1 Å². The van der Waals surface area contributed by atoms with E-state index in [1.54, 1.807) is 20.8 Å². The Hall–Kier alpha value is -4.08. The van der Waals surface area contributed by atoms with Crippen molar-refractivity contribution in [1.29, 1.82) is 0 Å². The molecule has 0 bridgehead atoms.